The van der Waals surface area contributed by atoms with E-state index in [0.29, 0.717) is 18.9 Å². The summed E-state index contributed by atoms with van der Waals surface area (Å²) in [5.74, 6) is 0.363. The number of phenolic OH excluding ortho intramolecular Hbond substituents is 1. The summed E-state index contributed by atoms with van der Waals surface area (Å²) in [5.41, 5.74) is 1.85. The number of nitrogens with one attached hydrogen (secondary N) is 1. The van der Waals surface area contributed by atoms with E-state index >= 15 is 0 Å². The fourth-order valence-corrected chi connectivity index (χ4v) is 3.21. The molecular formula is C21H26BrNO5. The van der Waals surface area contributed by atoms with Crippen LogP contribution in [0.4, 0.5) is 0 Å². The summed E-state index contributed by atoms with van der Waals surface area (Å²) in [4.78, 5) is 11.4. The minimum Gasteiger partial charge on any atom is -0.508 e. The molecule has 0 fully saturated rings. The van der Waals surface area contributed by atoms with Crippen molar-refractivity contribution < 1.29 is 24.5 Å². The van der Waals surface area contributed by atoms with Crippen LogP contribution in [0, 0.1) is 0 Å². The first-order valence-electron chi connectivity index (χ1n) is 9.18. The van der Waals surface area contributed by atoms with Crippen molar-refractivity contribution in [1.29, 1.82) is 0 Å². The second-order valence-electron chi connectivity index (χ2n) is 6.39. The third-order valence-corrected chi connectivity index (χ3v) is 4.86. The summed E-state index contributed by atoms with van der Waals surface area (Å²) in [5, 5.41) is 23.0. The molecule has 28 heavy (non-hydrogen) atoms. The van der Waals surface area contributed by atoms with E-state index in [-0.39, 0.29) is 18.4 Å². The van der Waals surface area contributed by atoms with Crippen LogP contribution in [0.25, 0.3) is 0 Å². The van der Waals surface area contributed by atoms with Crippen molar-refractivity contribution in [1.82, 2.24) is 5.32 Å². The predicted molar refractivity (Wildman–Crippen MR) is 111 cm³/mol. The van der Waals surface area contributed by atoms with Gasteiger partial charge in [0.25, 0.3) is 0 Å². The number of carbonyl (C=O) groups excluding carboxylic acids is 1. The first kappa shape index (κ1) is 22.2. The van der Waals surface area contributed by atoms with E-state index in [1.807, 2.05) is 25.1 Å². The number of rotatable bonds is 10. The average molecular weight is 452 g/mol. The second kappa shape index (κ2) is 11.0. The Hall–Kier alpha value is -2.09. The zero-order chi connectivity index (χ0) is 20.5. The molecule has 0 aliphatic carbocycles. The normalized spacial score (nSPS) is 13.0. The van der Waals surface area contributed by atoms with Crippen LogP contribution in [-0.2, 0) is 16.0 Å². The van der Waals surface area contributed by atoms with Gasteiger partial charge in [0.1, 0.15) is 11.5 Å². The van der Waals surface area contributed by atoms with Gasteiger partial charge in [-0.1, -0.05) is 18.2 Å². The molecule has 0 aliphatic rings. The number of phenols is 1. The first-order chi connectivity index (χ1) is 13.4. The van der Waals surface area contributed by atoms with E-state index in [0.717, 1.165) is 22.0 Å². The van der Waals surface area contributed by atoms with E-state index in [4.69, 9.17) is 9.47 Å². The van der Waals surface area contributed by atoms with Gasteiger partial charge in [-0.15, -0.1) is 0 Å². The molecule has 0 spiro atoms. The molecule has 0 amide bonds. The van der Waals surface area contributed by atoms with Gasteiger partial charge in [-0.3, -0.25) is 0 Å². The summed E-state index contributed by atoms with van der Waals surface area (Å²) in [7, 11) is 0. The lowest BCUT2D eigenvalue weighted by molar-refractivity contribution is -0.145. The van der Waals surface area contributed by atoms with Gasteiger partial charge in [0.15, 0.2) is 6.61 Å². The van der Waals surface area contributed by atoms with Gasteiger partial charge in [0.2, 0.25) is 0 Å². The highest BCUT2D eigenvalue weighted by Gasteiger charge is 2.15. The van der Waals surface area contributed by atoms with Crippen LogP contribution in [0.15, 0.2) is 46.9 Å². The van der Waals surface area contributed by atoms with Gasteiger partial charge >= 0.3 is 5.97 Å². The Bertz CT molecular complexity index is 766. The molecule has 152 valence electrons. The standard InChI is InChI=1S/C21H26BrNO5/c1-3-27-20(25)13-28-19-9-4-15(12-18(19)22)10-11-23-14(2)21(26)16-5-7-17(24)8-6-16/h4-9,12,14,21,23-24,26H,3,10-11,13H2,1-2H3/t14-,21+/m0/s1. The molecule has 0 heterocycles. The highest BCUT2D eigenvalue weighted by atomic mass is 79.9. The largest absolute Gasteiger partial charge is 0.508 e. The highest BCUT2D eigenvalue weighted by Crippen LogP contribution is 2.26. The van der Waals surface area contributed by atoms with Crippen LogP contribution in [0.3, 0.4) is 0 Å². The number of benzene rings is 2. The molecule has 0 saturated heterocycles. The van der Waals surface area contributed by atoms with Crippen molar-refractivity contribution in [3.05, 3.63) is 58.1 Å². The van der Waals surface area contributed by atoms with Crippen molar-refractivity contribution in [2.24, 2.45) is 0 Å². The number of hydrogen-bond acceptors (Lipinski definition) is 6. The third-order valence-electron chi connectivity index (χ3n) is 4.24. The summed E-state index contributed by atoms with van der Waals surface area (Å²) >= 11 is 3.46. The SMILES string of the molecule is CCOC(=O)COc1ccc(CCN[C@@H](C)[C@@H](O)c2ccc(O)cc2)cc1Br. The molecule has 2 rings (SSSR count). The number of aromatic hydroxyl groups is 1. The molecule has 2 atom stereocenters. The van der Waals surface area contributed by atoms with E-state index < -0.39 is 12.1 Å². The van der Waals surface area contributed by atoms with Gasteiger partial charge in [0, 0.05) is 6.04 Å². The maximum absolute atomic E-state index is 11.4. The van der Waals surface area contributed by atoms with Gasteiger partial charge in [-0.2, -0.15) is 0 Å². The Morgan fingerprint density at radius 3 is 2.57 bits per heavy atom. The van der Waals surface area contributed by atoms with Crippen LogP contribution in [-0.4, -0.2) is 42.0 Å². The number of esters is 1. The monoisotopic (exact) mass is 451 g/mol. The average Bonchev–Trinajstić information content (AvgIpc) is 2.67. The summed E-state index contributed by atoms with van der Waals surface area (Å²) < 4.78 is 11.1. The number of ether oxygens (including phenoxy) is 2. The Morgan fingerprint density at radius 2 is 1.93 bits per heavy atom. The molecule has 0 bridgehead atoms. The molecule has 0 aromatic heterocycles. The second-order valence-corrected chi connectivity index (χ2v) is 7.24. The minimum absolute atomic E-state index is 0.125. The van der Waals surface area contributed by atoms with Gasteiger partial charge in [-0.05, 0) is 78.1 Å². The molecule has 3 N–H and O–H groups in total. The van der Waals surface area contributed by atoms with Crippen molar-refractivity contribution >= 4 is 21.9 Å². The summed E-state index contributed by atoms with van der Waals surface area (Å²) in [6, 6.07) is 12.1. The van der Waals surface area contributed by atoms with Gasteiger partial charge in [0.05, 0.1) is 17.2 Å². The number of halogens is 1. The fourth-order valence-electron chi connectivity index (χ4n) is 2.67. The van der Waals surface area contributed by atoms with Crippen LogP contribution in [0.2, 0.25) is 0 Å². The zero-order valence-corrected chi connectivity index (χ0v) is 17.6. The van der Waals surface area contributed by atoms with Crippen molar-refractivity contribution in [3.8, 4) is 11.5 Å². The third kappa shape index (κ3) is 6.82. The highest BCUT2D eigenvalue weighted by molar-refractivity contribution is 9.10. The Kier molecular flexibility index (Phi) is 8.76. The molecule has 6 nitrogen and oxygen atoms in total. The summed E-state index contributed by atoms with van der Waals surface area (Å²) in [6.07, 6.45) is 0.106. The van der Waals surface area contributed by atoms with E-state index in [2.05, 4.69) is 21.2 Å². The molecule has 2 aromatic rings. The Labute approximate surface area is 173 Å². The predicted octanol–water partition coefficient (Wildman–Crippen LogP) is 3.35. The number of aliphatic hydroxyl groups excluding tert-OH is 1. The van der Waals surface area contributed by atoms with Gasteiger partial charge < -0.3 is 25.0 Å². The Morgan fingerprint density at radius 1 is 1.21 bits per heavy atom. The lowest BCUT2D eigenvalue weighted by Gasteiger charge is -2.21. The molecule has 7 heteroatoms. The van der Waals surface area contributed by atoms with Crippen molar-refractivity contribution in [2.75, 3.05) is 19.8 Å². The van der Waals surface area contributed by atoms with Crippen LogP contribution < -0.4 is 10.1 Å². The van der Waals surface area contributed by atoms with Crippen LogP contribution >= 0.6 is 15.9 Å². The molecule has 0 radical (unpaired) electrons. The maximum Gasteiger partial charge on any atom is 0.344 e. The quantitative estimate of drug-likeness (QED) is 0.480. The molecule has 0 aliphatic heterocycles. The van der Waals surface area contributed by atoms with Crippen LogP contribution in [0.5, 0.6) is 11.5 Å². The molecule has 0 saturated carbocycles. The Balaban J connectivity index is 1.81. The topological polar surface area (TPSA) is 88.0 Å². The van der Waals surface area contributed by atoms with Crippen LogP contribution in [0.1, 0.15) is 31.1 Å². The molecule has 0 unspecified atom stereocenters. The fraction of sp³-hybridized carbons (Fsp3) is 0.381. The van der Waals surface area contributed by atoms with E-state index in [1.54, 1.807) is 31.2 Å². The van der Waals surface area contributed by atoms with Gasteiger partial charge in [-0.25, -0.2) is 4.79 Å². The zero-order valence-electron chi connectivity index (χ0n) is 16.0. The summed E-state index contributed by atoms with van der Waals surface area (Å²) in [6.45, 7) is 4.56. The lowest BCUT2D eigenvalue weighted by atomic mass is 10.0. The maximum atomic E-state index is 11.4. The smallest absolute Gasteiger partial charge is 0.344 e. The number of carbonyl (C=O) groups is 1. The first-order valence-corrected chi connectivity index (χ1v) is 9.97. The number of hydrogen-bond donors (Lipinski definition) is 3. The van der Waals surface area contributed by atoms with E-state index in [1.165, 1.54) is 0 Å². The van der Waals surface area contributed by atoms with Crippen molar-refractivity contribution in [3.63, 3.8) is 0 Å². The number of aliphatic hydroxyl groups is 1. The molecule has 2 aromatic carbocycles. The lowest BCUT2D eigenvalue weighted by Crippen LogP contribution is -2.33. The minimum atomic E-state index is -0.661. The van der Waals surface area contributed by atoms with Crippen molar-refractivity contribution in [2.45, 2.75) is 32.4 Å². The molecular weight excluding hydrogens is 426 g/mol. The van der Waals surface area contributed by atoms with E-state index in [9.17, 15) is 15.0 Å².